The van der Waals surface area contributed by atoms with Crippen LogP contribution in [-0.4, -0.2) is 31.0 Å². The Kier molecular flexibility index (Phi) is 8.35. The lowest BCUT2D eigenvalue weighted by Crippen LogP contribution is -2.47. The van der Waals surface area contributed by atoms with Crippen molar-refractivity contribution in [1.29, 1.82) is 0 Å². The van der Waals surface area contributed by atoms with E-state index in [0.29, 0.717) is 12.8 Å². The van der Waals surface area contributed by atoms with Gasteiger partial charge in [0.1, 0.15) is 4.21 Å². The Morgan fingerprint density at radius 2 is 2.00 bits per heavy atom. The van der Waals surface area contributed by atoms with Crippen LogP contribution in [0, 0.1) is 5.92 Å². The molecule has 0 radical (unpaired) electrons. The summed E-state index contributed by atoms with van der Waals surface area (Å²) < 4.78 is 27.7. The van der Waals surface area contributed by atoms with Crippen LogP contribution < -0.4 is 4.72 Å². The van der Waals surface area contributed by atoms with Crippen molar-refractivity contribution < 1.29 is 13.5 Å². The first-order valence-electron chi connectivity index (χ1n) is 7.69. The summed E-state index contributed by atoms with van der Waals surface area (Å²) in [5.41, 5.74) is 0. The number of sulfonamides is 1. The Hall–Kier alpha value is -0.140. The molecule has 0 aliphatic rings. The molecule has 22 heavy (non-hydrogen) atoms. The average Bonchev–Trinajstić information content (AvgIpc) is 3.04. The van der Waals surface area contributed by atoms with Crippen molar-refractivity contribution in [3.8, 4) is 0 Å². The molecule has 1 heterocycles. The van der Waals surface area contributed by atoms with Crippen LogP contribution in [0.2, 0.25) is 0 Å². The van der Waals surface area contributed by atoms with Crippen LogP contribution in [0.4, 0.5) is 0 Å². The van der Waals surface area contributed by atoms with E-state index in [-0.39, 0.29) is 15.5 Å². The van der Waals surface area contributed by atoms with Crippen molar-refractivity contribution >= 4 is 33.0 Å². The SMILES string of the molecule is CCC(Cl)CC[C@H](O)[C@@H](NS(=O)(=O)c1cccs1)[C@@H](C)CC. The van der Waals surface area contributed by atoms with Gasteiger partial charge in [-0.05, 0) is 36.6 Å². The molecule has 0 fully saturated rings. The van der Waals surface area contributed by atoms with Crippen molar-refractivity contribution in [2.75, 3.05) is 0 Å². The Morgan fingerprint density at radius 3 is 2.50 bits per heavy atom. The number of alkyl halides is 1. The van der Waals surface area contributed by atoms with Gasteiger partial charge in [0.05, 0.1) is 12.1 Å². The van der Waals surface area contributed by atoms with E-state index < -0.39 is 22.2 Å². The van der Waals surface area contributed by atoms with Gasteiger partial charge in [-0.25, -0.2) is 13.1 Å². The van der Waals surface area contributed by atoms with Gasteiger partial charge in [-0.1, -0.05) is 33.3 Å². The van der Waals surface area contributed by atoms with Crippen molar-refractivity contribution in [2.45, 2.75) is 68.2 Å². The van der Waals surface area contributed by atoms with E-state index in [9.17, 15) is 13.5 Å². The van der Waals surface area contributed by atoms with E-state index in [1.165, 1.54) is 11.3 Å². The normalized spacial score (nSPS) is 17.9. The predicted molar refractivity (Wildman–Crippen MR) is 93.1 cm³/mol. The third kappa shape index (κ3) is 5.81. The monoisotopic (exact) mass is 367 g/mol. The molecule has 2 N–H and O–H groups in total. The van der Waals surface area contributed by atoms with Crippen LogP contribution in [0.3, 0.4) is 0 Å². The zero-order valence-electron chi connectivity index (χ0n) is 13.3. The molecule has 4 nitrogen and oxygen atoms in total. The number of rotatable bonds is 10. The number of thiophene rings is 1. The molecule has 1 aromatic heterocycles. The second-order valence-electron chi connectivity index (χ2n) is 5.61. The van der Waals surface area contributed by atoms with Crippen LogP contribution in [0.25, 0.3) is 0 Å². The molecule has 0 saturated heterocycles. The first kappa shape index (κ1) is 19.9. The summed E-state index contributed by atoms with van der Waals surface area (Å²) in [7, 11) is -3.58. The van der Waals surface area contributed by atoms with Gasteiger partial charge in [-0.15, -0.1) is 22.9 Å². The molecule has 0 amide bonds. The highest BCUT2D eigenvalue weighted by Crippen LogP contribution is 2.22. The minimum absolute atomic E-state index is 0.0149. The minimum Gasteiger partial charge on any atom is -0.391 e. The van der Waals surface area contributed by atoms with Gasteiger partial charge in [-0.3, -0.25) is 0 Å². The van der Waals surface area contributed by atoms with Gasteiger partial charge < -0.3 is 5.11 Å². The summed E-state index contributed by atoms with van der Waals surface area (Å²) in [6.07, 6.45) is 2.05. The number of nitrogens with one attached hydrogen (secondary N) is 1. The van der Waals surface area contributed by atoms with Crippen LogP contribution in [0.5, 0.6) is 0 Å². The van der Waals surface area contributed by atoms with E-state index >= 15 is 0 Å². The summed E-state index contributed by atoms with van der Waals surface area (Å²) in [6.45, 7) is 5.93. The Balaban J connectivity index is 2.80. The topological polar surface area (TPSA) is 66.4 Å². The molecule has 1 rings (SSSR count). The van der Waals surface area contributed by atoms with Gasteiger partial charge in [0.15, 0.2) is 0 Å². The lowest BCUT2D eigenvalue weighted by molar-refractivity contribution is 0.100. The summed E-state index contributed by atoms with van der Waals surface area (Å²) in [6, 6.07) is 2.77. The number of halogens is 1. The lowest BCUT2D eigenvalue weighted by Gasteiger charge is -2.29. The van der Waals surface area contributed by atoms with Crippen LogP contribution in [0.1, 0.15) is 46.5 Å². The summed E-state index contributed by atoms with van der Waals surface area (Å²) in [5, 5.41) is 12.2. The van der Waals surface area contributed by atoms with Crippen LogP contribution in [-0.2, 0) is 10.0 Å². The molecule has 128 valence electrons. The molecule has 1 unspecified atom stereocenters. The fraction of sp³-hybridized carbons (Fsp3) is 0.733. The molecular formula is C15H26ClNO3S2. The quantitative estimate of drug-likeness (QED) is 0.621. The fourth-order valence-electron chi connectivity index (χ4n) is 2.22. The molecule has 0 bridgehead atoms. The fourth-order valence-corrected chi connectivity index (χ4v) is 4.73. The minimum atomic E-state index is -3.58. The maximum atomic E-state index is 12.4. The third-order valence-corrected chi connectivity index (χ3v) is 7.32. The van der Waals surface area contributed by atoms with Gasteiger partial charge in [0.2, 0.25) is 10.0 Å². The molecule has 1 aromatic rings. The van der Waals surface area contributed by atoms with Gasteiger partial charge >= 0.3 is 0 Å². The third-order valence-electron chi connectivity index (χ3n) is 3.94. The van der Waals surface area contributed by atoms with Gasteiger partial charge in [-0.2, -0.15) is 0 Å². The zero-order valence-corrected chi connectivity index (χ0v) is 15.7. The smallest absolute Gasteiger partial charge is 0.250 e. The van der Waals surface area contributed by atoms with E-state index in [0.717, 1.165) is 12.8 Å². The molecule has 0 saturated carbocycles. The van der Waals surface area contributed by atoms with Crippen LogP contribution >= 0.6 is 22.9 Å². The Labute approximate surface area is 142 Å². The summed E-state index contributed by atoms with van der Waals surface area (Å²) >= 11 is 7.27. The van der Waals surface area contributed by atoms with Crippen molar-refractivity contribution in [3.63, 3.8) is 0 Å². The maximum absolute atomic E-state index is 12.4. The van der Waals surface area contributed by atoms with E-state index in [1.54, 1.807) is 17.5 Å². The number of hydrogen-bond donors (Lipinski definition) is 2. The molecule has 4 atom stereocenters. The number of aliphatic hydroxyl groups is 1. The standard InChI is InChI=1S/C15H26ClNO3S2/c1-4-11(3)15(13(18)9-8-12(16)5-2)17-22(19,20)14-7-6-10-21-14/h6-7,10-13,15,17-18H,4-5,8-9H2,1-3H3/t11-,12?,13-,15-/m0/s1. The Bertz CT molecular complexity index is 519. The highest BCUT2D eigenvalue weighted by molar-refractivity contribution is 7.91. The molecule has 0 aliphatic heterocycles. The maximum Gasteiger partial charge on any atom is 0.250 e. The molecular weight excluding hydrogens is 342 g/mol. The second kappa shape index (κ2) is 9.23. The first-order valence-corrected chi connectivity index (χ1v) is 10.5. The molecule has 0 spiro atoms. The molecule has 7 heteroatoms. The van der Waals surface area contributed by atoms with Crippen molar-refractivity contribution in [1.82, 2.24) is 4.72 Å². The first-order chi connectivity index (χ1) is 10.3. The molecule has 0 aliphatic carbocycles. The summed E-state index contributed by atoms with van der Waals surface area (Å²) in [4.78, 5) is 0. The average molecular weight is 368 g/mol. The van der Waals surface area contributed by atoms with E-state index in [4.69, 9.17) is 11.6 Å². The second-order valence-corrected chi connectivity index (χ2v) is 9.12. The summed E-state index contributed by atoms with van der Waals surface area (Å²) in [5.74, 6) is 0.0418. The van der Waals surface area contributed by atoms with Crippen molar-refractivity contribution in [3.05, 3.63) is 17.5 Å². The molecule has 0 aromatic carbocycles. The van der Waals surface area contributed by atoms with Gasteiger partial charge in [0, 0.05) is 5.38 Å². The van der Waals surface area contributed by atoms with E-state index in [2.05, 4.69) is 4.72 Å². The zero-order chi connectivity index (χ0) is 16.8. The Morgan fingerprint density at radius 1 is 1.32 bits per heavy atom. The number of hydrogen-bond acceptors (Lipinski definition) is 4. The largest absolute Gasteiger partial charge is 0.391 e. The van der Waals surface area contributed by atoms with Crippen molar-refractivity contribution in [2.24, 2.45) is 5.92 Å². The highest BCUT2D eigenvalue weighted by Gasteiger charge is 2.30. The van der Waals surface area contributed by atoms with Crippen LogP contribution in [0.15, 0.2) is 21.7 Å². The highest BCUT2D eigenvalue weighted by atomic mass is 35.5. The predicted octanol–water partition coefficient (Wildman–Crippen LogP) is 3.60. The van der Waals surface area contributed by atoms with E-state index in [1.807, 2.05) is 20.8 Å². The number of aliphatic hydroxyl groups excluding tert-OH is 1. The lowest BCUT2D eigenvalue weighted by atomic mass is 9.92. The van der Waals surface area contributed by atoms with Gasteiger partial charge in [0.25, 0.3) is 0 Å².